The van der Waals surface area contributed by atoms with Crippen LogP contribution in [0.25, 0.3) is 0 Å². The van der Waals surface area contributed by atoms with Crippen LogP contribution < -0.4 is 5.43 Å². The molecule has 4 heteroatoms. The topological polar surface area (TPSA) is 49.4 Å². The number of nitrogens with one attached hydrogen (secondary N) is 1. The summed E-state index contributed by atoms with van der Waals surface area (Å²) in [6, 6.07) is 0. The van der Waals surface area contributed by atoms with Gasteiger partial charge in [0, 0.05) is 14.0 Å². The molecule has 0 spiro atoms. The number of hydrazine groups is 1. The summed E-state index contributed by atoms with van der Waals surface area (Å²) < 4.78 is 0. The van der Waals surface area contributed by atoms with Crippen molar-refractivity contribution < 1.29 is 9.59 Å². The average Bonchev–Trinajstić information content (AvgIpc) is 1.67. The van der Waals surface area contributed by atoms with Gasteiger partial charge in [-0.1, -0.05) is 0 Å². The third-order valence-corrected chi connectivity index (χ3v) is 0.686. The van der Waals surface area contributed by atoms with E-state index in [1.165, 1.54) is 20.4 Å². The number of hydrogen-bond donors (Lipinski definition) is 1. The molecule has 1 radical (unpaired) electrons. The molecule has 1 N–H and O–H groups in total. The fourth-order valence-electron chi connectivity index (χ4n) is 0.147. The van der Waals surface area contributed by atoms with Crippen molar-refractivity contribution in [3.05, 3.63) is 0 Å². The van der Waals surface area contributed by atoms with Gasteiger partial charge in [0.05, 0.1) is 0 Å². The van der Waals surface area contributed by atoms with Crippen LogP contribution >= 0.6 is 0 Å². The second-order valence-corrected chi connectivity index (χ2v) is 1.29. The first-order valence-corrected chi connectivity index (χ1v) is 2.05. The molecule has 0 saturated heterocycles. The Bertz CT molecular complexity index is 102. The van der Waals surface area contributed by atoms with E-state index in [1.807, 2.05) is 5.43 Å². The molecule has 45 valence electrons. The van der Waals surface area contributed by atoms with E-state index in [2.05, 4.69) is 0 Å². The Morgan fingerprint density at radius 1 is 1.75 bits per heavy atom. The minimum atomic E-state index is -0.228. The Morgan fingerprint density at radius 2 is 2.25 bits per heavy atom. The lowest BCUT2D eigenvalue weighted by atomic mass is 10.7. The number of nitrogens with zero attached hydrogens (tertiary/aromatic N) is 1. The van der Waals surface area contributed by atoms with E-state index < -0.39 is 0 Å². The van der Waals surface area contributed by atoms with Crippen LogP contribution in [0, 0.1) is 0 Å². The zero-order valence-electron chi connectivity index (χ0n) is 4.76. The standard InChI is InChI=1S/C4H7N2O2/c1-4(8)6(2)5-3-7/h1-2H3,(H,5,7). The van der Waals surface area contributed by atoms with E-state index in [9.17, 15) is 9.59 Å². The van der Waals surface area contributed by atoms with Crippen LogP contribution in [0.3, 0.4) is 0 Å². The Morgan fingerprint density at radius 3 is 2.38 bits per heavy atom. The van der Waals surface area contributed by atoms with Crippen LogP contribution in [-0.4, -0.2) is 24.4 Å². The van der Waals surface area contributed by atoms with Gasteiger partial charge in [-0.2, -0.15) is 0 Å². The molecule has 0 saturated carbocycles. The van der Waals surface area contributed by atoms with E-state index in [0.29, 0.717) is 0 Å². The summed E-state index contributed by atoms with van der Waals surface area (Å²) in [6.45, 7) is 1.34. The molecule has 0 atom stereocenters. The van der Waals surface area contributed by atoms with Gasteiger partial charge in [0.2, 0.25) is 5.91 Å². The second-order valence-electron chi connectivity index (χ2n) is 1.29. The fraction of sp³-hybridized carbons (Fsp3) is 0.500. The van der Waals surface area contributed by atoms with Gasteiger partial charge in [-0.15, -0.1) is 0 Å². The van der Waals surface area contributed by atoms with Crippen LogP contribution in [0.5, 0.6) is 0 Å². The third-order valence-electron chi connectivity index (χ3n) is 0.686. The van der Waals surface area contributed by atoms with Gasteiger partial charge in [0.15, 0.2) is 0 Å². The molecule has 0 rings (SSSR count). The molecule has 0 aliphatic carbocycles. The first-order valence-electron chi connectivity index (χ1n) is 2.05. The molecule has 0 bridgehead atoms. The molecule has 0 fully saturated rings. The molecule has 0 aliphatic heterocycles. The highest BCUT2D eigenvalue weighted by Gasteiger charge is 1.96. The molecular weight excluding hydrogens is 108 g/mol. The first-order chi connectivity index (χ1) is 3.68. The highest BCUT2D eigenvalue weighted by atomic mass is 16.2. The molecule has 4 nitrogen and oxygen atoms in total. The third kappa shape index (κ3) is 2.17. The molecule has 2 amide bonds. The van der Waals surface area contributed by atoms with Crippen molar-refractivity contribution >= 4 is 12.3 Å². The number of carbonyl (C=O) groups is 1. The van der Waals surface area contributed by atoms with E-state index in [0.717, 1.165) is 5.01 Å². The molecule has 0 aliphatic rings. The first kappa shape index (κ1) is 6.94. The van der Waals surface area contributed by atoms with Gasteiger partial charge in [0.1, 0.15) is 0 Å². The predicted molar refractivity (Wildman–Crippen MR) is 27.3 cm³/mol. The minimum absolute atomic E-state index is 0.228. The Hall–Kier alpha value is -1.06. The van der Waals surface area contributed by atoms with Crippen molar-refractivity contribution in [2.45, 2.75) is 6.92 Å². The Kier molecular flexibility index (Phi) is 2.61. The van der Waals surface area contributed by atoms with Gasteiger partial charge < -0.3 is 0 Å². The summed E-state index contributed by atoms with van der Waals surface area (Å²) in [4.78, 5) is 19.7. The minimum Gasteiger partial charge on any atom is -0.273 e. The molecule has 0 aromatic carbocycles. The van der Waals surface area contributed by atoms with Crippen LogP contribution in [0.1, 0.15) is 6.92 Å². The van der Waals surface area contributed by atoms with Gasteiger partial charge in [-0.25, -0.2) is 0 Å². The number of rotatable bonds is 2. The highest BCUT2D eigenvalue weighted by Crippen LogP contribution is 1.70. The van der Waals surface area contributed by atoms with E-state index in [4.69, 9.17) is 0 Å². The molecule has 0 aromatic heterocycles. The molecule has 0 unspecified atom stereocenters. The largest absolute Gasteiger partial charge is 0.329 e. The van der Waals surface area contributed by atoms with Crippen molar-refractivity contribution in [3.63, 3.8) is 0 Å². The maximum Gasteiger partial charge on any atom is 0.329 e. The zero-order valence-corrected chi connectivity index (χ0v) is 4.76. The van der Waals surface area contributed by atoms with Crippen LogP contribution in [0.2, 0.25) is 0 Å². The summed E-state index contributed by atoms with van der Waals surface area (Å²) in [5.74, 6) is -0.228. The molecule has 8 heavy (non-hydrogen) atoms. The van der Waals surface area contributed by atoms with Crippen molar-refractivity contribution in [2.75, 3.05) is 7.05 Å². The van der Waals surface area contributed by atoms with Crippen molar-refractivity contribution in [2.24, 2.45) is 0 Å². The summed E-state index contributed by atoms with van der Waals surface area (Å²) in [5, 5.41) is 1.03. The van der Waals surface area contributed by atoms with Crippen LogP contribution in [-0.2, 0) is 9.59 Å². The summed E-state index contributed by atoms with van der Waals surface area (Å²) in [6.07, 6.45) is 1.35. The smallest absolute Gasteiger partial charge is 0.273 e. The monoisotopic (exact) mass is 115 g/mol. The van der Waals surface area contributed by atoms with Crippen molar-refractivity contribution in [1.82, 2.24) is 10.4 Å². The van der Waals surface area contributed by atoms with Gasteiger partial charge in [0.25, 0.3) is 0 Å². The van der Waals surface area contributed by atoms with E-state index in [-0.39, 0.29) is 5.91 Å². The Labute approximate surface area is 47.4 Å². The van der Waals surface area contributed by atoms with Gasteiger partial charge >= 0.3 is 6.41 Å². The quantitative estimate of drug-likeness (QED) is 0.372. The van der Waals surface area contributed by atoms with Gasteiger partial charge in [-0.05, 0) is 0 Å². The summed E-state index contributed by atoms with van der Waals surface area (Å²) >= 11 is 0. The summed E-state index contributed by atoms with van der Waals surface area (Å²) in [5.41, 5.74) is 2.02. The molecule has 0 heterocycles. The highest BCUT2D eigenvalue weighted by molar-refractivity contribution is 5.73. The lowest BCUT2D eigenvalue weighted by Gasteiger charge is -2.09. The maximum atomic E-state index is 10.2. The maximum absolute atomic E-state index is 10.2. The SMILES string of the molecule is CC(=O)N(C)N[C]=O. The van der Waals surface area contributed by atoms with Gasteiger partial charge in [-0.3, -0.25) is 20.0 Å². The molecule has 0 aromatic rings. The van der Waals surface area contributed by atoms with Crippen molar-refractivity contribution in [1.29, 1.82) is 0 Å². The number of hydrogen-bond acceptors (Lipinski definition) is 2. The lowest BCUT2D eigenvalue weighted by molar-refractivity contribution is -0.129. The van der Waals surface area contributed by atoms with Crippen LogP contribution in [0.15, 0.2) is 0 Å². The summed E-state index contributed by atoms with van der Waals surface area (Å²) in [7, 11) is 1.44. The average molecular weight is 115 g/mol. The predicted octanol–water partition coefficient (Wildman–Crippen LogP) is -0.964. The second kappa shape index (κ2) is 3.01. The zero-order chi connectivity index (χ0) is 6.57. The van der Waals surface area contributed by atoms with Crippen molar-refractivity contribution in [3.8, 4) is 0 Å². The normalized spacial score (nSPS) is 7.75. The van der Waals surface area contributed by atoms with E-state index >= 15 is 0 Å². The number of amides is 2. The fourth-order valence-corrected chi connectivity index (χ4v) is 0.147. The number of carbonyl (C=O) groups excluding carboxylic acids is 2. The lowest BCUT2D eigenvalue weighted by Crippen LogP contribution is -2.36. The molecular formula is C4H7N2O2. The van der Waals surface area contributed by atoms with E-state index in [1.54, 1.807) is 0 Å². The van der Waals surface area contributed by atoms with Crippen LogP contribution in [0.4, 0.5) is 0 Å². The Balaban J connectivity index is 3.46.